The monoisotopic (exact) mass is 206 g/mol. The Labute approximate surface area is 92.9 Å². The van der Waals surface area contributed by atoms with E-state index in [1.807, 2.05) is 0 Å². The van der Waals surface area contributed by atoms with Gasteiger partial charge in [0.2, 0.25) is 0 Å². The second kappa shape index (κ2) is 3.77. The van der Waals surface area contributed by atoms with Crippen molar-refractivity contribution < 1.29 is 4.79 Å². The summed E-state index contributed by atoms with van der Waals surface area (Å²) in [6, 6.07) is 0. The zero-order valence-corrected chi connectivity index (χ0v) is 10.1. The van der Waals surface area contributed by atoms with Gasteiger partial charge in [-0.15, -0.1) is 0 Å². The maximum Gasteiger partial charge on any atom is 0.132 e. The Morgan fingerprint density at radius 3 is 2.80 bits per heavy atom. The summed E-state index contributed by atoms with van der Waals surface area (Å²) in [4.78, 5) is 11.5. The van der Waals surface area contributed by atoms with Crippen LogP contribution >= 0.6 is 0 Å². The highest BCUT2D eigenvalue weighted by Gasteiger charge is 2.44. The largest absolute Gasteiger partial charge is 0.300 e. The molecule has 0 aromatic carbocycles. The quantitative estimate of drug-likeness (QED) is 0.599. The van der Waals surface area contributed by atoms with Crippen LogP contribution < -0.4 is 0 Å². The lowest BCUT2D eigenvalue weighted by atomic mass is 9.55. The summed E-state index contributed by atoms with van der Waals surface area (Å²) in [5.74, 6) is 2.18. The number of hydrogen-bond donors (Lipinski definition) is 0. The van der Waals surface area contributed by atoms with Crippen molar-refractivity contribution in [2.45, 2.75) is 46.5 Å². The molecule has 4 atom stereocenters. The number of rotatable bonds is 1. The van der Waals surface area contributed by atoms with Crippen LogP contribution in [-0.2, 0) is 4.79 Å². The summed E-state index contributed by atoms with van der Waals surface area (Å²) < 4.78 is 0. The minimum absolute atomic E-state index is 0.334. The first kappa shape index (κ1) is 10.9. The molecule has 0 aliphatic heterocycles. The molecule has 4 unspecified atom stereocenters. The van der Waals surface area contributed by atoms with E-state index in [-0.39, 0.29) is 0 Å². The smallest absolute Gasteiger partial charge is 0.132 e. The normalized spacial score (nSPS) is 44.9. The second-order valence-electron chi connectivity index (χ2n) is 5.77. The van der Waals surface area contributed by atoms with Gasteiger partial charge in [0, 0.05) is 5.92 Å². The average Bonchev–Trinajstić information content (AvgIpc) is 2.19. The minimum Gasteiger partial charge on any atom is -0.300 e. The molecule has 1 nitrogen and oxygen atoms in total. The van der Waals surface area contributed by atoms with Crippen LogP contribution in [0.2, 0.25) is 0 Å². The van der Waals surface area contributed by atoms with E-state index in [1.165, 1.54) is 12.8 Å². The standard InChI is InChI=1S/C14H22O/c1-10-5-4-6-13-8-7-12(11(2)15)9-14(10,13)3/h4,6,10,12-13H,5,7-9H2,1-3H3. The van der Waals surface area contributed by atoms with E-state index < -0.39 is 0 Å². The molecule has 84 valence electrons. The van der Waals surface area contributed by atoms with Crippen molar-refractivity contribution in [2.24, 2.45) is 23.2 Å². The van der Waals surface area contributed by atoms with Gasteiger partial charge in [0.05, 0.1) is 0 Å². The molecule has 0 aromatic heterocycles. The van der Waals surface area contributed by atoms with Crippen molar-refractivity contribution in [3.63, 3.8) is 0 Å². The van der Waals surface area contributed by atoms with Crippen molar-refractivity contribution in [2.75, 3.05) is 0 Å². The highest BCUT2D eigenvalue weighted by Crippen LogP contribution is 2.52. The fourth-order valence-electron chi connectivity index (χ4n) is 3.44. The second-order valence-corrected chi connectivity index (χ2v) is 5.77. The molecule has 0 aromatic rings. The van der Waals surface area contributed by atoms with Gasteiger partial charge in [0.1, 0.15) is 5.78 Å². The van der Waals surface area contributed by atoms with E-state index in [9.17, 15) is 4.79 Å². The Hall–Kier alpha value is -0.590. The van der Waals surface area contributed by atoms with Crippen LogP contribution in [0.4, 0.5) is 0 Å². The number of carbonyl (C=O) groups excluding carboxylic acids is 1. The van der Waals surface area contributed by atoms with E-state index in [1.54, 1.807) is 6.92 Å². The van der Waals surface area contributed by atoms with Crippen molar-refractivity contribution >= 4 is 5.78 Å². The summed E-state index contributed by atoms with van der Waals surface area (Å²) in [5, 5.41) is 0. The molecule has 15 heavy (non-hydrogen) atoms. The van der Waals surface area contributed by atoms with Crippen LogP contribution in [0.25, 0.3) is 0 Å². The fraction of sp³-hybridized carbons (Fsp3) is 0.786. The molecule has 1 fully saturated rings. The summed E-state index contributed by atoms with van der Waals surface area (Å²) in [5.41, 5.74) is 0.378. The molecule has 0 spiro atoms. The van der Waals surface area contributed by atoms with Crippen molar-refractivity contribution in [3.05, 3.63) is 12.2 Å². The molecule has 2 rings (SSSR count). The first-order valence-corrected chi connectivity index (χ1v) is 6.21. The predicted molar refractivity (Wildman–Crippen MR) is 62.5 cm³/mol. The number of carbonyl (C=O) groups is 1. The molecule has 0 radical (unpaired) electrons. The van der Waals surface area contributed by atoms with E-state index >= 15 is 0 Å². The molecule has 0 saturated heterocycles. The SMILES string of the molecule is CC(=O)C1CCC2C=CCC(C)C2(C)C1. The first-order chi connectivity index (χ1) is 7.04. The van der Waals surface area contributed by atoms with Crippen molar-refractivity contribution in [1.29, 1.82) is 0 Å². The number of hydrogen-bond acceptors (Lipinski definition) is 1. The topological polar surface area (TPSA) is 17.1 Å². The third-order valence-electron chi connectivity index (χ3n) is 4.92. The van der Waals surface area contributed by atoms with E-state index in [0.29, 0.717) is 17.1 Å². The molecule has 0 N–H and O–H groups in total. The maximum atomic E-state index is 11.5. The van der Waals surface area contributed by atoms with Gasteiger partial charge in [-0.2, -0.15) is 0 Å². The van der Waals surface area contributed by atoms with Gasteiger partial charge in [-0.05, 0) is 49.9 Å². The summed E-state index contributed by atoms with van der Waals surface area (Å²) in [7, 11) is 0. The van der Waals surface area contributed by atoms with Crippen molar-refractivity contribution in [1.82, 2.24) is 0 Å². The highest BCUT2D eigenvalue weighted by atomic mass is 16.1. The Morgan fingerprint density at radius 2 is 2.13 bits per heavy atom. The molecule has 0 amide bonds. The third-order valence-corrected chi connectivity index (χ3v) is 4.92. The van der Waals surface area contributed by atoms with Gasteiger partial charge in [-0.3, -0.25) is 4.79 Å². The van der Waals surface area contributed by atoms with Crippen LogP contribution in [-0.4, -0.2) is 5.78 Å². The van der Waals surface area contributed by atoms with E-state index in [2.05, 4.69) is 26.0 Å². The molecular weight excluding hydrogens is 184 g/mol. The van der Waals surface area contributed by atoms with Gasteiger partial charge >= 0.3 is 0 Å². The molecule has 0 bridgehead atoms. The number of fused-ring (bicyclic) bond motifs is 1. The lowest BCUT2D eigenvalue weighted by Crippen LogP contribution is -2.42. The first-order valence-electron chi connectivity index (χ1n) is 6.21. The molecule has 2 aliphatic carbocycles. The number of ketones is 1. The Morgan fingerprint density at radius 1 is 1.40 bits per heavy atom. The molecular formula is C14H22O. The lowest BCUT2D eigenvalue weighted by Gasteiger charge is -2.49. The van der Waals surface area contributed by atoms with E-state index in [4.69, 9.17) is 0 Å². The van der Waals surface area contributed by atoms with Gasteiger partial charge in [-0.25, -0.2) is 0 Å². The zero-order valence-electron chi connectivity index (χ0n) is 10.1. The summed E-state index contributed by atoms with van der Waals surface area (Å²) in [6.45, 7) is 6.50. The minimum atomic E-state index is 0.334. The van der Waals surface area contributed by atoms with Gasteiger partial charge in [-0.1, -0.05) is 26.0 Å². The van der Waals surface area contributed by atoms with Gasteiger partial charge < -0.3 is 0 Å². The number of Topliss-reactive ketones (excluding diaryl/α,β-unsaturated/α-hetero) is 1. The number of allylic oxidation sites excluding steroid dienone is 2. The van der Waals surface area contributed by atoms with Crippen LogP contribution in [0.3, 0.4) is 0 Å². The summed E-state index contributed by atoms with van der Waals surface area (Å²) >= 11 is 0. The fourth-order valence-corrected chi connectivity index (χ4v) is 3.44. The van der Waals surface area contributed by atoms with E-state index in [0.717, 1.165) is 24.7 Å². The zero-order chi connectivity index (χ0) is 11.1. The van der Waals surface area contributed by atoms with Crippen molar-refractivity contribution in [3.8, 4) is 0 Å². The average molecular weight is 206 g/mol. The van der Waals surface area contributed by atoms with Gasteiger partial charge in [0.25, 0.3) is 0 Å². The third kappa shape index (κ3) is 1.77. The Bertz CT molecular complexity index is 292. The van der Waals surface area contributed by atoms with Crippen LogP contribution in [0.15, 0.2) is 12.2 Å². The molecule has 1 heteroatoms. The van der Waals surface area contributed by atoms with Gasteiger partial charge in [0.15, 0.2) is 0 Å². The Balaban J connectivity index is 2.20. The highest BCUT2D eigenvalue weighted by molar-refractivity contribution is 5.78. The predicted octanol–water partition coefficient (Wildman–Crippen LogP) is 3.59. The summed E-state index contributed by atoms with van der Waals surface area (Å²) in [6.07, 6.45) is 9.35. The lowest BCUT2D eigenvalue weighted by molar-refractivity contribution is -0.124. The molecule has 1 saturated carbocycles. The maximum absolute atomic E-state index is 11.5. The van der Waals surface area contributed by atoms with Crippen LogP contribution in [0.1, 0.15) is 46.5 Å². The molecule has 0 heterocycles. The Kier molecular flexibility index (Phi) is 2.74. The molecule has 2 aliphatic rings. The van der Waals surface area contributed by atoms with Crippen LogP contribution in [0.5, 0.6) is 0 Å². The van der Waals surface area contributed by atoms with Crippen LogP contribution in [0, 0.1) is 23.2 Å².